The van der Waals surface area contributed by atoms with Gasteiger partial charge in [-0.1, -0.05) is 40.5 Å². The largest absolute Gasteiger partial charge is 0.308 e. The molecule has 0 atom stereocenters. The standard InChI is InChI=1S/C12H17BrClN/c1-4-12(2,3)15-8-9-5-6-10(13)7-11(9)14/h5-7,15H,4,8H2,1-3H3. The second kappa shape index (κ2) is 5.33. The molecule has 0 aromatic heterocycles. The average Bonchev–Trinajstić information content (AvgIpc) is 2.16. The third kappa shape index (κ3) is 4.13. The van der Waals surface area contributed by atoms with Gasteiger partial charge in [0.15, 0.2) is 0 Å². The molecule has 84 valence electrons. The third-order valence-electron chi connectivity index (χ3n) is 2.66. The molecule has 0 spiro atoms. The molecule has 0 heterocycles. The minimum absolute atomic E-state index is 0.163. The lowest BCUT2D eigenvalue weighted by atomic mass is 10.0. The van der Waals surface area contributed by atoms with Crippen molar-refractivity contribution in [3.05, 3.63) is 33.3 Å². The Labute approximate surface area is 105 Å². The summed E-state index contributed by atoms with van der Waals surface area (Å²) in [5.74, 6) is 0. The summed E-state index contributed by atoms with van der Waals surface area (Å²) in [4.78, 5) is 0. The van der Waals surface area contributed by atoms with Gasteiger partial charge in [-0.2, -0.15) is 0 Å². The maximum Gasteiger partial charge on any atom is 0.0462 e. The van der Waals surface area contributed by atoms with E-state index in [2.05, 4.69) is 42.0 Å². The zero-order valence-corrected chi connectivity index (χ0v) is 11.7. The summed E-state index contributed by atoms with van der Waals surface area (Å²) in [6.45, 7) is 7.38. The second-order valence-corrected chi connectivity index (χ2v) is 5.65. The SMILES string of the molecule is CCC(C)(C)NCc1ccc(Br)cc1Cl. The smallest absolute Gasteiger partial charge is 0.0462 e. The molecule has 0 radical (unpaired) electrons. The molecule has 0 bridgehead atoms. The molecule has 0 aliphatic rings. The van der Waals surface area contributed by atoms with Crippen LogP contribution in [-0.4, -0.2) is 5.54 Å². The van der Waals surface area contributed by atoms with Gasteiger partial charge < -0.3 is 5.32 Å². The van der Waals surface area contributed by atoms with Gasteiger partial charge in [-0.3, -0.25) is 0 Å². The van der Waals surface area contributed by atoms with Crippen LogP contribution in [0, 0.1) is 0 Å². The van der Waals surface area contributed by atoms with E-state index in [0.717, 1.165) is 28.0 Å². The molecule has 0 saturated heterocycles. The van der Waals surface area contributed by atoms with Gasteiger partial charge in [-0.25, -0.2) is 0 Å². The Morgan fingerprint density at radius 1 is 1.40 bits per heavy atom. The summed E-state index contributed by atoms with van der Waals surface area (Å²) in [6, 6.07) is 5.99. The summed E-state index contributed by atoms with van der Waals surface area (Å²) in [7, 11) is 0. The fourth-order valence-corrected chi connectivity index (χ4v) is 1.86. The van der Waals surface area contributed by atoms with Crippen LogP contribution >= 0.6 is 27.5 Å². The summed E-state index contributed by atoms with van der Waals surface area (Å²) >= 11 is 9.53. The van der Waals surface area contributed by atoms with Gasteiger partial charge >= 0.3 is 0 Å². The number of benzene rings is 1. The summed E-state index contributed by atoms with van der Waals surface area (Å²) in [5, 5.41) is 4.29. The fourth-order valence-electron chi connectivity index (χ4n) is 1.12. The van der Waals surface area contributed by atoms with Crippen LogP contribution in [0.5, 0.6) is 0 Å². The third-order valence-corrected chi connectivity index (χ3v) is 3.50. The van der Waals surface area contributed by atoms with Crippen molar-refractivity contribution in [2.24, 2.45) is 0 Å². The topological polar surface area (TPSA) is 12.0 Å². The maximum atomic E-state index is 6.13. The summed E-state index contributed by atoms with van der Waals surface area (Å²) in [6.07, 6.45) is 1.10. The van der Waals surface area contributed by atoms with Crippen LogP contribution in [0.4, 0.5) is 0 Å². The molecule has 0 aliphatic heterocycles. The zero-order chi connectivity index (χ0) is 11.5. The van der Waals surface area contributed by atoms with E-state index in [1.54, 1.807) is 0 Å². The molecule has 0 saturated carbocycles. The molecule has 3 heteroatoms. The summed E-state index contributed by atoms with van der Waals surface area (Å²) < 4.78 is 1.02. The molecule has 0 amide bonds. The number of halogens is 2. The molecule has 1 aromatic rings. The zero-order valence-electron chi connectivity index (χ0n) is 9.40. The first-order chi connectivity index (χ1) is 6.94. The molecular formula is C12H17BrClN. The molecule has 0 aliphatic carbocycles. The lowest BCUT2D eigenvalue weighted by Crippen LogP contribution is -2.37. The van der Waals surface area contributed by atoms with E-state index in [-0.39, 0.29) is 5.54 Å². The molecule has 0 unspecified atom stereocenters. The van der Waals surface area contributed by atoms with Crippen LogP contribution in [0.15, 0.2) is 22.7 Å². The molecule has 15 heavy (non-hydrogen) atoms. The van der Waals surface area contributed by atoms with Crippen LogP contribution < -0.4 is 5.32 Å². The predicted molar refractivity (Wildman–Crippen MR) is 70.4 cm³/mol. The van der Waals surface area contributed by atoms with Crippen molar-refractivity contribution in [1.82, 2.24) is 5.32 Å². The average molecular weight is 291 g/mol. The van der Waals surface area contributed by atoms with Crippen molar-refractivity contribution in [2.45, 2.75) is 39.3 Å². The van der Waals surface area contributed by atoms with E-state index >= 15 is 0 Å². The first-order valence-electron chi connectivity index (χ1n) is 5.13. The normalized spacial score (nSPS) is 11.8. The van der Waals surface area contributed by atoms with Gasteiger partial charge in [0, 0.05) is 21.6 Å². The molecule has 1 nitrogen and oxygen atoms in total. The lowest BCUT2D eigenvalue weighted by molar-refractivity contribution is 0.374. The molecule has 1 N–H and O–H groups in total. The Bertz CT molecular complexity index is 336. The van der Waals surface area contributed by atoms with Crippen LogP contribution in [-0.2, 0) is 6.54 Å². The van der Waals surface area contributed by atoms with Crippen molar-refractivity contribution >= 4 is 27.5 Å². The van der Waals surface area contributed by atoms with Crippen LogP contribution in [0.2, 0.25) is 5.02 Å². The lowest BCUT2D eigenvalue weighted by Gasteiger charge is -2.24. The van der Waals surface area contributed by atoms with Crippen molar-refractivity contribution in [1.29, 1.82) is 0 Å². The molecule has 0 fully saturated rings. The van der Waals surface area contributed by atoms with Crippen molar-refractivity contribution in [3.63, 3.8) is 0 Å². The Morgan fingerprint density at radius 3 is 2.60 bits per heavy atom. The van der Waals surface area contributed by atoms with Gasteiger partial charge in [0.1, 0.15) is 0 Å². The summed E-state index contributed by atoms with van der Waals surface area (Å²) in [5.41, 5.74) is 1.30. The van der Waals surface area contributed by atoms with Crippen LogP contribution in [0.1, 0.15) is 32.8 Å². The number of nitrogens with one attached hydrogen (secondary N) is 1. The Hall–Kier alpha value is -0.0500. The maximum absolute atomic E-state index is 6.13. The van der Waals surface area contributed by atoms with Crippen molar-refractivity contribution < 1.29 is 0 Å². The fraction of sp³-hybridized carbons (Fsp3) is 0.500. The monoisotopic (exact) mass is 289 g/mol. The molecular weight excluding hydrogens is 273 g/mol. The quantitative estimate of drug-likeness (QED) is 0.867. The highest BCUT2D eigenvalue weighted by Crippen LogP contribution is 2.22. The Kier molecular flexibility index (Phi) is 4.63. The number of hydrogen-bond donors (Lipinski definition) is 1. The van der Waals surface area contributed by atoms with E-state index in [1.807, 2.05) is 18.2 Å². The van der Waals surface area contributed by atoms with Gasteiger partial charge in [0.2, 0.25) is 0 Å². The van der Waals surface area contributed by atoms with Crippen LogP contribution in [0.25, 0.3) is 0 Å². The molecule has 1 rings (SSSR count). The van der Waals surface area contributed by atoms with Gasteiger partial charge in [-0.05, 0) is 38.0 Å². The highest BCUT2D eigenvalue weighted by atomic mass is 79.9. The van der Waals surface area contributed by atoms with E-state index in [1.165, 1.54) is 0 Å². The highest BCUT2D eigenvalue weighted by Gasteiger charge is 2.14. The second-order valence-electron chi connectivity index (χ2n) is 4.33. The minimum atomic E-state index is 0.163. The predicted octanol–water partition coefficient (Wildman–Crippen LogP) is 4.38. The van der Waals surface area contributed by atoms with E-state index in [4.69, 9.17) is 11.6 Å². The van der Waals surface area contributed by atoms with Gasteiger partial charge in [0.05, 0.1) is 0 Å². The first kappa shape index (κ1) is 13.0. The Morgan fingerprint density at radius 2 is 2.07 bits per heavy atom. The van der Waals surface area contributed by atoms with Crippen molar-refractivity contribution in [2.75, 3.05) is 0 Å². The van der Waals surface area contributed by atoms with E-state index in [0.29, 0.717) is 0 Å². The number of rotatable bonds is 4. The van der Waals surface area contributed by atoms with E-state index < -0.39 is 0 Å². The van der Waals surface area contributed by atoms with E-state index in [9.17, 15) is 0 Å². The highest BCUT2D eigenvalue weighted by molar-refractivity contribution is 9.10. The Balaban J connectivity index is 2.66. The van der Waals surface area contributed by atoms with Crippen molar-refractivity contribution in [3.8, 4) is 0 Å². The molecule has 1 aromatic carbocycles. The minimum Gasteiger partial charge on any atom is -0.308 e. The van der Waals surface area contributed by atoms with Gasteiger partial charge in [-0.15, -0.1) is 0 Å². The van der Waals surface area contributed by atoms with Gasteiger partial charge in [0.25, 0.3) is 0 Å². The van der Waals surface area contributed by atoms with Crippen LogP contribution in [0.3, 0.4) is 0 Å². The number of hydrogen-bond acceptors (Lipinski definition) is 1. The first-order valence-corrected chi connectivity index (χ1v) is 6.30.